The summed E-state index contributed by atoms with van der Waals surface area (Å²) in [4.78, 5) is 39.6. The van der Waals surface area contributed by atoms with Gasteiger partial charge in [-0.2, -0.15) is 0 Å². The SMILES string of the molecule is CCC(C)NC(=O)C(C)N(Cc1ccccc1F)C(=O)CN1C(=O)c2ccccc2S1(=O)=O. The Morgan fingerprint density at radius 3 is 2.36 bits per heavy atom. The summed E-state index contributed by atoms with van der Waals surface area (Å²) in [5, 5.41) is 2.77. The summed E-state index contributed by atoms with van der Waals surface area (Å²) < 4.78 is 40.5. The Kier molecular flexibility index (Phi) is 7.16. The lowest BCUT2D eigenvalue weighted by atomic mass is 10.1. The number of rotatable bonds is 8. The molecular weight excluding hydrogens is 449 g/mol. The zero-order valence-corrected chi connectivity index (χ0v) is 19.4. The van der Waals surface area contributed by atoms with Crippen molar-refractivity contribution in [1.82, 2.24) is 14.5 Å². The van der Waals surface area contributed by atoms with Gasteiger partial charge in [-0.25, -0.2) is 17.1 Å². The van der Waals surface area contributed by atoms with Crippen molar-refractivity contribution < 1.29 is 27.2 Å². The van der Waals surface area contributed by atoms with E-state index in [-0.39, 0.29) is 28.6 Å². The normalized spacial score (nSPS) is 16.1. The number of benzene rings is 2. The lowest BCUT2D eigenvalue weighted by molar-refractivity contribution is -0.140. The average molecular weight is 476 g/mol. The van der Waals surface area contributed by atoms with Crippen LogP contribution in [0.15, 0.2) is 53.4 Å². The molecule has 3 amide bonds. The molecule has 2 unspecified atom stereocenters. The van der Waals surface area contributed by atoms with Crippen LogP contribution in [0, 0.1) is 5.82 Å². The number of nitrogens with one attached hydrogen (secondary N) is 1. The highest BCUT2D eigenvalue weighted by atomic mass is 32.2. The highest BCUT2D eigenvalue weighted by Gasteiger charge is 2.43. The van der Waals surface area contributed by atoms with Gasteiger partial charge in [0.25, 0.3) is 15.9 Å². The number of nitrogens with zero attached hydrogens (tertiary/aromatic N) is 2. The highest BCUT2D eigenvalue weighted by molar-refractivity contribution is 7.90. The predicted octanol–water partition coefficient (Wildman–Crippen LogP) is 2.30. The summed E-state index contributed by atoms with van der Waals surface area (Å²) in [5.41, 5.74) is 0.140. The average Bonchev–Trinajstić information content (AvgIpc) is 2.98. The van der Waals surface area contributed by atoms with E-state index in [0.29, 0.717) is 10.7 Å². The smallest absolute Gasteiger partial charge is 0.269 e. The van der Waals surface area contributed by atoms with Crippen LogP contribution in [0.1, 0.15) is 43.1 Å². The van der Waals surface area contributed by atoms with Gasteiger partial charge in [-0.05, 0) is 38.5 Å². The molecule has 8 nitrogen and oxygen atoms in total. The molecule has 0 fully saturated rings. The maximum atomic E-state index is 14.3. The number of amides is 3. The summed E-state index contributed by atoms with van der Waals surface area (Å²) >= 11 is 0. The number of halogens is 1. The van der Waals surface area contributed by atoms with Crippen molar-refractivity contribution in [2.45, 2.75) is 50.7 Å². The van der Waals surface area contributed by atoms with Crippen LogP contribution in [0.4, 0.5) is 4.39 Å². The Labute approximate surface area is 192 Å². The molecule has 0 bridgehead atoms. The molecule has 1 N–H and O–H groups in total. The van der Waals surface area contributed by atoms with Gasteiger partial charge in [0.05, 0.1) is 5.56 Å². The predicted molar refractivity (Wildman–Crippen MR) is 119 cm³/mol. The highest BCUT2D eigenvalue weighted by Crippen LogP contribution is 2.30. The quantitative estimate of drug-likeness (QED) is 0.631. The first-order valence-electron chi connectivity index (χ1n) is 10.6. The Hall–Kier alpha value is -3.27. The van der Waals surface area contributed by atoms with E-state index in [1.165, 1.54) is 49.4 Å². The summed E-state index contributed by atoms with van der Waals surface area (Å²) in [6.07, 6.45) is 0.665. The molecule has 2 aromatic carbocycles. The first kappa shape index (κ1) is 24.4. The van der Waals surface area contributed by atoms with Crippen molar-refractivity contribution in [3.05, 3.63) is 65.5 Å². The number of hydrogen-bond acceptors (Lipinski definition) is 5. The molecule has 10 heteroatoms. The van der Waals surface area contributed by atoms with Crippen molar-refractivity contribution >= 4 is 27.7 Å². The van der Waals surface area contributed by atoms with Gasteiger partial charge < -0.3 is 10.2 Å². The van der Waals surface area contributed by atoms with E-state index in [2.05, 4.69) is 5.32 Å². The molecule has 0 saturated carbocycles. The van der Waals surface area contributed by atoms with E-state index in [4.69, 9.17) is 0 Å². The second-order valence-electron chi connectivity index (χ2n) is 7.92. The zero-order valence-electron chi connectivity index (χ0n) is 18.6. The standard InChI is InChI=1S/C23H26FN3O5S/c1-4-15(2)25-22(29)16(3)26(13-17-9-5-7-11-19(17)24)21(28)14-27-23(30)18-10-6-8-12-20(18)33(27,31)32/h5-12,15-16H,4,13-14H2,1-3H3,(H,25,29). The van der Waals surface area contributed by atoms with Gasteiger partial charge in [-0.1, -0.05) is 37.3 Å². The third-order valence-corrected chi connectivity index (χ3v) is 7.44. The summed E-state index contributed by atoms with van der Waals surface area (Å²) in [5.74, 6) is -2.65. The molecule has 0 radical (unpaired) electrons. The summed E-state index contributed by atoms with van der Waals surface area (Å²) in [6, 6.07) is 10.3. The molecule has 176 valence electrons. The van der Waals surface area contributed by atoms with Crippen molar-refractivity contribution in [2.75, 3.05) is 6.54 Å². The maximum Gasteiger partial charge on any atom is 0.269 e. The van der Waals surface area contributed by atoms with Crippen molar-refractivity contribution in [3.8, 4) is 0 Å². The second-order valence-corrected chi connectivity index (χ2v) is 9.75. The van der Waals surface area contributed by atoms with Crippen LogP contribution >= 0.6 is 0 Å². The molecule has 0 saturated heterocycles. The molecular formula is C23H26FN3O5S. The molecule has 0 aliphatic carbocycles. The van der Waals surface area contributed by atoms with Gasteiger partial charge in [0, 0.05) is 18.2 Å². The fourth-order valence-corrected chi connectivity index (χ4v) is 4.98. The minimum atomic E-state index is -4.21. The molecule has 3 rings (SSSR count). The first-order valence-corrected chi connectivity index (χ1v) is 12.0. The molecule has 1 heterocycles. The fourth-order valence-electron chi connectivity index (χ4n) is 3.46. The minimum Gasteiger partial charge on any atom is -0.352 e. The first-order chi connectivity index (χ1) is 15.6. The van der Waals surface area contributed by atoms with E-state index in [0.717, 1.165) is 4.90 Å². The Morgan fingerprint density at radius 2 is 1.73 bits per heavy atom. The third kappa shape index (κ3) is 4.90. The number of carbonyl (C=O) groups excluding carboxylic acids is 3. The van der Waals surface area contributed by atoms with Crippen molar-refractivity contribution in [3.63, 3.8) is 0 Å². The van der Waals surface area contributed by atoms with Gasteiger partial charge in [-0.3, -0.25) is 14.4 Å². The van der Waals surface area contributed by atoms with Crippen molar-refractivity contribution in [2.24, 2.45) is 0 Å². The minimum absolute atomic E-state index is 0.0199. The Morgan fingerprint density at radius 1 is 1.09 bits per heavy atom. The molecule has 0 spiro atoms. The van der Waals surface area contributed by atoms with E-state index in [9.17, 15) is 27.2 Å². The number of sulfonamides is 1. The van der Waals surface area contributed by atoms with Gasteiger partial charge in [0.15, 0.2) is 0 Å². The molecule has 1 aliphatic heterocycles. The lowest BCUT2D eigenvalue weighted by Crippen LogP contribution is -2.52. The summed E-state index contributed by atoms with van der Waals surface area (Å²) in [7, 11) is -4.21. The van der Waals surface area contributed by atoms with Gasteiger partial charge >= 0.3 is 0 Å². The van der Waals surface area contributed by atoms with E-state index in [1.54, 1.807) is 13.0 Å². The van der Waals surface area contributed by atoms with Crippen LogP contribution < -0.4 is 5.32 Å². The van der Waals surface area contributed by atoms with Crippen LogP contribution in [0.2, 0.25) is 0 Å². The largest absolute Gasteiger partial charge is 0.352 e. The summed E-state index contributed by atoms with van der Waals surface area (Å²) in [6.45, 7) is 4.10. The molecule has 0 aromatic heterocycles. The molecule has 2 atom stereocenters. The molecule has 1 aliphatic rings. The Balaban J connectivity index is 1.90. The van der Waals surface area contributed by atoms with E-state index >= 15 is 0 Å². The van der Waals surface area contributed by atoms with Crippen molar-refractivity contribution in [1.29, 1.82) is 0 Å². The van der Waals surface area contributed by atoms with Crippen LogP contribution in [0.3, 0.4) is 0 Å². The van der Waals surface area contributed by atoms with Crippen LogP contribution in [0.5, 0.6) is 0 Å². The van der Waals surface area contributed by atoms with Crippen LogP contribution in [-0.4, -0.2) is 54.0 Å². The number of hydrogen-bond donors (Lipinski definition) is 1. The number of fused-ring (bicyclic) bond motifs is 1. The van der Waals surface area contributed by atoms with Crippen LogP contribution in [-0.2, 0) is 26.2 Å². The lowest BCUT2D eigenvalue weighted by Gasteiger charge is -2.31. The molecule has 33 heavy (non-hydrogen) atoms. The van der Waals surface area contributed by atoms with E-state index < -0.39 is 46.1 Å². The van der Waals surface area contributed by atoms with Crippen LogP contribution in [0.25, 0.3) is 0 Å². The topological polar surface area (TPSA) is 104 Å². The monoisotopic (exact) mass is 475 g/mol. The maximum absolute atomic E-state index is 14.3. The number of carbonyl (C=O) groups is 3. The molecule has 2 aromatic rings. The van der Waals surface area contributed by atoms with E-state index in [1.807, 2.05) is 6.92 Å². The van der Waals surface area contributed by atoms with Gasteiger partial charge in [0.1, 0.15) is 23.3 Å². The van der Waals surface area contributed by atoms with Gasteiger partial charge in [-0.15, -0.1) is 0 Å². The third-order valence-electron chi connectivity index (χ3n) is 5.66. The zero-order chi connectivity index (χ0) is 24.3. The Bertz CT molecular complexity index is 1180. The second kappa shape index (κ2) is 9.70. The van der Waals surface area contributed by atoms with Gasteiger partial charge in [0.2, 0.25) is 11.8 Å². The fraction of sp³-hybridized carbons (Fsp3) is 0.348.